The van der Waals surface area contributed by atoms with Crippen LogP contribution < -0.4 is 5.73 Å². The van der Waals surface area contributed by atoms with Crippen molar-refractivity contribution in [2.24, 2.45) is 5.73 Å². The molecular weight excluding hydrogens is 242 g/mol. The Morgan fingerprint density at radius 1 is 1.35 bits per heavy atom. The van der Waals surface area contributed by atoms with E-state index in [0.717, 1.165) is 6.42 Å². The minimum atomic E-state index is -2.97. The minimum Gasteiger partial charge on any atom is -0.385 e. The Kier molecular flexibility index (Phi) is 8.37. The molecule has 0 aliphatic heterocycles. The van der Waals surface area contributed by atoms with E-state index in [0.29, 0.717) is 19.4 Å². The van der Waals surface area contributed by atoms with Crippen molar-refractivity contribution >= 4 is 15.6 Å². The van der Waals surface area contributed by atoms with E-state index in [1.165, 1.54) is 0 Å². The van der Waals surface area contributed by atoms with Crippen LogP contribution in [0.3, 0.4) is 0 Å². The normalized spacial score (nSPS) is 13.6. The third kappa shape index (κ3) is 8.29. The van der Waals surface area contributed by atoms with Gasteiger partial charge in [0.2, 0.25) is 0 Å². The van der Waals surface area contributed by atoms with E-state index in [1.807, 2.05) is 0 Å². The third-order valence-electron chi connectivity index (χ3n) is 2.60. The van der Waals surface area contributed by atoms with Crippen LogP contribution in [0.4, 0.5) is 0 Å². The Bertz CT molecular complexity index is 313. The fraction of sp³-hybridized carbons (Fsp3) is 0.909. The molecular formula is C11H23NO4S. The van der Waals surface area contributed by atoms with Gasteiger partial charge in [0.15, 0.2) is 0 Å². The van der Waals surface area contributed by atoms with E-state index in [2.05, 4.69) is 0 Å². The SMILES string of the molecule is CCS(=O)(=O)CCCC(=O)C(N)CCCOC. The molecule has 2 N–H and O–H groups in total. The second kappa shape index (κ2) is 8.60. The Balaban J connectivity index is 3.78. The summed E-state index contributed by atoms with van der Waals surface area (Å²) < 4.78 is 27.3. The van der Waals surface area contributed by atoms with Gasteiger partial charge in [0.25, 0.3) is 0 Å². The molecule has 0 aromatic rings. The maximum atomic E-state index is 11.6. The summed E-state index contributed by atoms with van der Waals surface area (Å²) in [5.41, 5.74) is 5.69. The lowest BCUT2D eigenvalue weighted by atomic mass is 10.0. The number of nitrogens with two attached hydrogens (primary N) is 1. The molecule has 0 radical (unpaired) electrons. The number of Topliss-reactive ketones (excluding diaryl/α,β-unsaturated/α-hetero) is 1. The van der Waals surface area contributed by atoms with Crippen LogP contribution in [0, 0.1) is 0 Å². The molecule has 0 saturated carbocycles. The number of sulfone groups is 1. The maximum Gasteiger partial charge on any atom is 0.150 e. The van der Waals surface area contributed by atoms with E-state index in [4.69, 9.17) is 10.5 Å². The van der Waals surface area contributed by atoms with Crippen molar-refractivity contribution in [1.82, 2.24) is 0 Å². The number of hydrogen-bond donors (Lipinski definition) is 1. The summed E-state index contributed by atoms with van der Waals surface area (Å²) in [6, 6.07) is -0.491. The van der Waals surface area contributed by atoms with Crippen molar-refractivity contribution in [1.29, 1.82) is 0 Å². The summed E-state index contributed by atoms with van der Waals surface area (Å²) in [7, 11) is -1.37. The molecule has 0 aliphatic rings. The molecule has 0 saturated heterocycles. The summed E-state index contributed by atoms with van der Waals surface area (Å²) in [6.45, 7) is 2.19. The molecule has 1 atom stereocenters. The van der Waals surface area contributed by atoms with Gasteiger partial charge in [0.05, 0.1) is 11.8 Å². The van der Waals surface area contributed by atoms with E-state index in [-0.39, 0.29) is 23.7 Å². The highest BCUT2D eigenvalue weighted by atomic mass is 32.2. The zero-order valence-electron chi connectivity index (χ0n) is 10.6. The van der Waals surface area contributed by atoms with Crippen molar-refractivity contribution in [3.63, 3.8) is 0 Å². The summed E-state index contributed by atoms with van der Waals surface area (Å²) >= 11 is 0. The van der Waals surface area contributed by atoms with Crippen LogP contribution in [0.25, 0.3) is 0 Å². The Hall–Kier alpha value is -0.460. The standard InChI is InChI=1S/C11H23NO4S/c1-3-17(14,15)9-5-7-11(13)10(12)6-4-8-16-2/h10H,3-9,12H2,1-2H3. The smallest absolute Gasteiger partial charge is 0.150 e. The second-order valence-corrected chi connectivity index (χ2v) is 6.52. The summed E-state index contributed by atoms with van der Waals surface area (Å²) in [4.78, 5) is 11.6. The molecule has 0 heterocycles. The number of carbonyl (C=O) groups excluding carboxylic acids is 1. The molecule has 17 heavy (non-hydrogen) atoms. The molecule has 0 aliphatic carbocycles. The zero-order chi connectivity index (χ0) is 13.3. The van der Waals surface area contributed by atoms with Gasteiger partial charge in [0, 0.05) is 25.9 Å². The van der Waals surface area contributed by atoms with Gasteiger partial charge in [-0.25, -0.2) is 8.42 Å². The van der Waals surface area contributed by atoms with Crippen LogP contribution in [-0.2, 0) is 19.4 Å². The van der Waals surface area contributed by atoms with Crippen LogP contribution in [0.5, 0.6) is 0 Å². The number of methoxy groups -OCH3 is 1. The minimum absolute atomic E-state index is 0.0626. The van der Waals surface area contributed by atoms with Crippen molar-refractivity contribution in [2.45, 2.75) is 38.6 Å². The maximum absolute atomic E-state index is 11.6. The number of hydrogen-bond acceptors (Lipinski definition) is 5. The third-order valence-corrected chi connectivity index (χ3v) is 4.39. The van der Waals surface area contributed by atoms with Crippen LogP contribution in [-0.4, -0.2) is 45.5 Å². The topological polar surface area (TPSA) is 86.5 Å². The summed E-state index contributed by atoms with van der Waals surface area (Å²) in [5, 5.41) is 0. The average Bonchev–Trinajstić information content (AvgIpc) is 2.29. The molecule has 0 amide bonds. The highest BCUT2D eigenvalue weighted by Crippen LogP contribution is 2.03. The Morgan fingerprint density at radius 3 is 2.53 bits per heavy atom. The molecule has 0 rings (SSSR count). The number of rotatable bonds is 10. The fourth-order valence-corrected chi connectivity index (χ4v) is 2.28. The predicted molar refractivity (Wildman–Crippen MR) is 67.7 cm³/mol. The molecule has 0 spiro atoms. The molecule has 0 fully saturated rings. The lowest BCUT2D eigenvalue weighted by Gasteiger charge is -2.09. The molecule has 1 unspecified atom stereocenters. The van der Waals surface area contributed by atoms with Gasteiger partial charge < -0.3 is 10.5 Å². The van der Waals surface area contributed by atoms with Crippen molar-refractivity contribution in [2.75, 3.05) is 25.2 Å². The number of ketones is 1. The van der Waals surface area contributed by atoms with Crippen LogP contribution in [0.2, 0.25) is 0 Å². The largest absolute Gasteiger partial charge is 0.385 e. The van der Waals surface area contributed by atoms with E-state index < -0.39 is 15.9 Å². The van der Waals surface area contributed by atoms with Gasteiger partial charge >= 0.3 is 0 Å². The van der Waals surface area contributed by atoms with Gasteiger partial charge in [-0.3, -0.25) is 4.79 Å². The Morgan fingerprint density at radius 2 is 2.00 bits per heavy atom. The lowest BCUT2D eigenvalue weighted by Crippen LogP contribution is -2.31. The number of ether oxygens (including phenoxy) is 1. The monoisotopic (exact) mass is 265 g/mol. The predicted octanol–water partition coefficient (Wildman–Crippen LogP) is 0.524. The molecule has 5 nitrogen and oxygen atoms in total. The molecule has 0 aromatic carbocycles. The summed E-state index contributed by atoms with van der Waals surface area (Å²) in [5.74, 6) is 0.133. The van der Waals surface area contributed by atoms with Crippen molar-refractivity contribution in [3.05, 3.63) is 0 Å². The molecule has 6 heteroatoms. The fourth-order valence-electron chi connectivity index (χ4n) is 1.40. The van der Waals surface area contributed by atoms with Crippen LogP contribution in [0.1, 0.15) is 32.6 Å². The molecule has 0 bridgehead atoms. The molecule has 102 valence electrons. The summed E-state index contributed by atoms with van der Waals surface area (Å²) in [6.07, 6.45) is 1.95. The second-order valence-electron chi connectivity index (χ2n) is 4.05. The first-order valence-electron chi connectivity index (χ1n) is 5.90. The first-order chi connectivity index (χ1) is 7.93. The zero-order valence-corrected chi connectivity index (χ0v) is 11.5. The lowest BCUT2D eigenvalue weighted by molar-refractivity contribution is -0.120. The Labute approximate surface area is 104 Å². The van der Waals surface area contributed by atoms with Crippen LogP contribution >= 0.6 is 0 Å². The van der Waals surface area contributed by atoms with E-state index in [9.17, 15) is 13.2 Å². The van der Waals surface area contributed by atoms with Crippen molar-refractivity contribution < 1.29 is 17.9 Å². The molecule has 0 aromatic heterocycles. The highest BCUT2D eigenvalue weighted by Gasteiger charge is 2.14. The van der Waals surface area contributed by atoms with Gasteiger partial charge in [-0.05, 0) is 19.3 Å². The van der Waals surface area contributed by atoms with E-state index >= 15 is 0 Å². The first kappa shape index (κ1) is 16.5. The van der Waals surface area contributed by atoms with Crippen LogP contribution in [0.15, 0.2) is 0 Å². The number of carbonyl (C=O) groups is 1. The van der Waals surface area contributed by atoms with Crippen molar-refractivity contribution in [3.8, 4) is 0 Å². The first-order valence-corrected chi connectivity index (χ1v) is 7.72. The quantitative estimate of drug-likeness (QED) is 0.582. The highest BCUT2D eigenvalue weighted by molar-refractivity contribution is 7.91. The van der Waals surface area contributed by atoms with Gasteiger partial charge in [-0.2, -0.15) is 0 Å². The average molecular weight is 265 g/mol. The van der Waals surface area contributed by atoms with E-state index in [1.54, 1.807) is 14.0 Å². The van der Waals surface area contributed by atoms with Gasteiger partial charge in [-0.1, -0.05) is 6.92 Å². The van der Waals surface area contributed by atoms with Gasteiger partial charge in [0.1, 0.15) is 15.6 Å². The van der Waals surface area contributed by atoms with Gasteiger partial charge in [-0.15, -0.1) is 0 Å².